The van der Waals surface area contributed by atoms with Crippen LogP contribution in [0, 0.1) is 0 Å². The van der Waals surface area contributed by atoms with Gasteiger partial charge in [-0.2, -0.15) is 0 Å². The van der Waals surface area contributed by atoms with Gasteiger partial charge in [-0.25, -0.2) is 0 Å². The van der Waals surface area contributed by atoms with E-state index in [1.807, 2.05) is 18.2 Å². The highest BCUT2D eigenvalue weighted by Crippen LogP contribution is 2.44. The minimum absolute atomic E-state index is 0.489. The second kappa shape index (κ2) is 5.87. The fourth-order valence-electron chi connectivity index (χ4n) is 2.75. The van der Waals surface area contributed by atoms with Gasteiger partial charge in [-0.1, -0.05) is 47.9 Å². The Labute approximate surface area is 117 Å². The van der Waals surface area contributed by atoms with Crippen LogP contribution in [0.1, 0.15) is 44.9 Å². The zero-order chi connectivity index (χ0) is 12.4. The molecule has 1 fully saturated rings. The Hall–Kier alpha value is -0.160. The number of hydrogen-bond acceptors (Lipinski definition) is 3. The quantitative estimate of drug-likeness (QED) is 0.571. The van der Waals surface area contributed by atoms with E-state index in [4.69, 9.17) is 0 Å². The molecule has 98 valence electrons. The van der Waals surface area contributed by atoms with Crippen LogP contribution in [0.5, 0.6) is 0 Å². The first-order chi connectivity index (χ1) is 8.86. The molecular formula is C14H19NOS2. The summed E-state index contributed by atoms with van der Waals surface area (Å²) in [6.45, 7) is 0. The second-order valence-corrected chi connectivity index (χ2v) is 7.65. The molecule has 1 saturated carbocycles. The Morgan fingerprint density at radius 3 is 2.44 bits per heavy atom. The summed E-state index contributed by atoms with van der Waals surface area (Å²) < 4.78 is 14.7. The van der Waals surface area contributed by atoms with E-state index in [1.165, 1.54) is 49.8 Å². The molecule has 0 amide bonds. The molecule has 1 aliphatic carbocycles. The number of hydrogen-bond donors (Lipinski definition) is 0. The van der Waals surface area contributed by atoms with Crippen molar-refractivity contribution in [3.63, 3.8) is 0 Å². The van der Waals surface area contributed by atoms with Gasteiger partial charge in [-0.05, 0) is 25.0 Å². The van der Waals surface area contributed by atoms with Crippen molar-refractivity contribution in [2.24, 2.45) is 0 Å². The van der Waals surface area contributed by atoms with E-state index in [9.17, 15) is 4.55 Å². The van der Waals surface area contributed by atoms with Crippen molar-refractivity contribution < 1.29 is 4.55 Å². The molecule has 1 atom stereocenters. The lowest BCUT2D eigenvalue weighted by Crippen LogP contribution is -2.32. The molecule has 1 heterocycles. The summed E-state index contributed by atoms with van der Waals surface area (Å²) in [6.07, 6.45) is 9.04. The largest absolute Gasteiger partial charge is 0.592 e. The van der Waals surface area contributed by atoms with Gasteiger partial charge in [0, 0.05) is 11.9 Å². The van der Waals surface area contributed by atoms with Gasteiger partial charge in [0.25, 0.3) is 0 Å². The molecule has 2 nitrogen and oxygen atoms in total. The Balaban J connectivity index is 1.74. The molecule has 4 heteroatoms. The molecule has 0 spiro atoms. The number of fused-ring (bicyclic) bond motifs is 1. The highest BCUT2D eigenvalue weighted by atomic mass is 32.3. The highest BCUT2D eigenvalue weighted by molar-refractivity contribution is 8.11. The monoisotopic (exact) mass is 281 g/mol. The van der Waals surface area contributed by atoms with Gasteiger partial charge in [-0.15, -0.1) is 0 Å². The van der Waals surface area contributed by atoms with Crippen LogP contribution < -0.4 is 0 Å². The van der Waals surface area contributed by atoms with Crippen LogP contribution >= 0.6 is 11.9 Å². The standard InChI is InChI=1S/C14H19NOS2/c16-18-14-11-7-6-10-13(14)17-15(18)12-8-4-2-1-3-5-9-12/h6-7,10-12H,1-5,8-9H2. The molecule has 18 heavy (non-hydrogen) atoms. The average molecular weight is 281 g/mol. The summed E-state index contributed by atoms with van der Waals surface area (Å²) in [5, 5.41) is 0. The van der Waals surface area contributed by atoms with Crippen LogP contribution in [0.2, 0.25) is 0 Å². The van der Waals surface area contributed by atoms with Crippen LogP contribution in [-0.4, -0.2) is 14.3 Å². The second-order valence-electron chi connectivity index (χ2n) is 5.07. The Morgan fingerprint density at radius 2 is 1.72 bits per heavy atom. The van der Waals surface area contributed by atoms with Crippen molar-refractivity contribution in [2.75, 3.05) is 0 Å². The van der Waals surface area contributed by atoms with Gasteiger partial charge in [0.1, 0.15) is 0 Å². The Kier molecular flexibility index (Phi) is 4.19. The number of benzene rings is 1. The third kappa shape index (κ3) is 2.57. The summed E-state index contributed by atoms with van der Waals surface area (Å²) in [5.74, 6) is 0. The fourth-order valence-corrected chi connectivity index (χ4v) is 5.79. The minimum atomic E-state index is -0.950. The van der Waals surface area contributed by atoms with Crippen LogP contribution in [0.4, 0.5) is 0 Å². The molecule has 0 N–H and O–H groups in total. The molecule has 0 saturated heterocycles. The zero-order valence-corrected chi connectivity index (χ0v) is 12.1. The first kappa shape index (κ1) is 12.9. The van der Waals surface area contributed by atoms with Crippen molar-refractivity contribution in [1.29, 1.82) is 0 Å². The number of nitrogens with zero attached hydrogens (tertiary/aromatic N) is 1. The lowest BCUT2D eigenvalue weighted by Gasteiger charge is -2.26. The van der Waals surface area contributed by atoms with Crippen molar-refractivity contribution in [1.82, 2.24) is 3.71 Å². The van der Waals surface area contributed by atoms with Crippen molar-refractivity contribution in [3.05, 3.63) is 24.3 Å². The summed E-state index contributed by atoms with van der Waals surface area (Å²) in [7, 11) is 0. The van der Waals surface area contributed by atoms with E-state index in [0.29, 0.717) is 6.04 Å². The molecule has 0 radical (unpaired) electrons. The van der Waals surface area contributed by atoms with E-state index >= 15 is 0 Å². The molecule has 1 aromatic carbocycles. The Morgan fingerprint density at radius 1 is 1.06 bits per heavy atom. The Bertz CT molecular complexity index is 405. The summed E-state index contributed by atoms with van der Waals surface area (Å²) >= 11 is 0.750. The fraction of sp³-hybridized carbons (Fsp3) is 0.571. The third-order valence-electron chi connectivity index (χ3n) is 3.76. The summed E-state index contributed by atoms with van der Waals surface area (Å²) in [6, 6.07) is 8.59. The van der Waals surface area contributed by atoms with E-state index in [2.05, 4.69) is 9.78 Å². The van der Waals surface area contributed by atoms with E-state index in [1.54, 1.807) is 11.9 Å². The maximum atomic E-state index is 12.5. The third-order valence-corrected chi connectivity index (χ3v) is 6.91. The highest BCUT2D eigenvalue weighted by Gasteiger charge is 2.39. The SMILES string of the molecule is [O-][S+]1c2ccccc2SN1C1CCCCCCC1. The molecule has 0 aromatic heterocycles. The van der Waals surface area contributed by atoms with Crippen molar-refractivity contribution in [2.45, 2.75) is 60.8 Å². The van der Waals surface area contributed by atoms with Crippen LogP contribution in [-0.2, 0) is 11.4 Å². The van der Waals surface area contributed by atoms with Gasteiger partial charge in [0.05, 0.1) is 22.3 Å². The van der Waals surface area contributed by atoms with Crippen LogP contribution in [0.15, 0.2) is 34.1 Å². The number of rotatable bonds is 1. The van der Waals surface area contributed by atoms with Crippen LogP contribution in [0.3, 0.4) is 0 Å². The molecule has 3 rings (SSSR count). The average Bonchev–Trinajstić information content (AvgIpc) is 2.67. The maximum Gasteiger partial charge on any atom is 0.190 e. The first-order valence-corrected chi connectivity index (χ1v) is 8.72. The molecule has 1 unspecified atom stereocenters. The predicted octanol–water partition coefficient (Wildman–Crippen LogP) is 4.14. The minimum Gasteiger partial charge on any atom is -0.592 e. The van der Waals surface area contributed by atoms with Gasteiger partial charge >= 0.3 is 0 Å². The first-order valence-electron chi connectivity index (χ1n) is 6.84. The van der Waals surface area contributed by atoms with Gasteiger partial charge in [0.15, 0.2) is 4.90 Å². The lowest BCUT2D eigenvalue weighted by molar-refractivity contribution is 0.364. The van der Waals surface area contributed by atoms with Crippen molar-refractivity contribution in [3.8, 4) is 0 Å². The molecule has 1 aromatic rings. The van der Waals surface area contributed by atoms with Gasteiger partial charge in [0.2, 0.25) is 0 Å². The van der Waals surface area contributed by atoms with E-state index in [0.717, 1.165) is 4.90 Å². The normalized spacial score (nSPS) is 26.6. The molecule has 2 aliphatic rings. The lowest BCUT2D eigenvalue weighted by atomic mass is 9.97. The topological polar surface area (TPSA) is 26.3 Å². The smallest absolute Gasteiger partial charge is 0.190 e. The maximum absolute atomic E-state index is 12.5. The summed E-state index contributed by atoms with van der Waals surface area (Å²) in [5.41, 5.74) is 0. The molecule has 1 aliphatic heterocycles. The van der Waals surface area contributed by atoms with Crippen LogP contribution in [0.25, 0.3) is 0 Å². The van der Waals surface area contributed by atoms with E-state index in [-0.39, 0.29) is 0 Å². The van der Waals surface area contributed by atoms with Gasteiger partial charge < -0.3 is 4.55 Å². The molecular weight excluding hydrogens is 262 g/mol. The van der Waals surface area contributed by atoms with Gasteiger partial charge in [-0.3, -0.25) is 0 Å². The zero-order valence-electron chi connectivity index (χ0n) is 10.5. The summed E-state index contributed by atoms with van der Waals surface area (Å²) in [4.78, 5) is 2.18. The molecule has 0 bridgehead atoms. The van der Waals surface area contributed by atoms with Crippen molar-refractivity contribution >= 4 is 23.3 Å². The van der Waals surface area contributed by atoms with E-state index < -0.39 is 11.4 Å². The predicted molar refractivity (Wildman–Crippen MR) is 76.7 cm³/mol.